The van der Waals surface area contributed by atoms with E-state index in [1.54, 1.807) is 42.2 Å². The molecule has 0 radical (unpaired) electrons. The Kier molecular flexibility index (Phi) is 5.64. The second-order valence-corrected chi connectivity index (χ2v) is 6.36. The van der Waals surface area contributed by atoms with Gasteiger partial charge in [-0.3, -0.25) is 9.59 Å². The molecule has 1 aliphatic rings. The molecule has 0 N–H and O–H groups in total. The van der Waals surface area contributed by atoms with E-state index in [9.17, 15) is 9.59 Å². The quantitative estimate of drug-likeness (QED) is 0.786. The number of hydrogen-bond acceptors (Lipinski definition) is 4. The molecule has 0 spiro atoms. The number of methoxy groups -OCH3 is 2. The Morgan fingerprint density at radius 1 is 1.15 bits per heavy atom. The zero-order chi connectivity index (χ0) is 19.4. The highest BCUT2D eigenvalue weighted by Crippen LogP contribution is 2.36. The van der Waals surface area contributed by atoms with Gasteiger partial charge in [0.05, 0.1) is 25.8 Å². The highest BCUT2D eigenvalue weighted by Gasteiger charge is 2.38. The molecule has 6 heteroatoms. The van der Waals surface area contributed by atoms with E-state index >= 15 is 0 Å². The molecular weight excluding hydrogens is 344 g/mol. The van der Waals surface area contributed by atoms with Crippen molar-refractivity contribution in [1.29, 1.82) is 0 Å². The summed E-state index contributed by atoms with van der Waals surface area (Å²) in [4.78, 5) is 29.0. The molecule has 0 bridgehead atoms. The van der Waals surface area contributed by atoms with Crippen molar-refractivity contribution in [3.63, 3.8) is 0 Å². The van der Waals surface area contributed by atoms with Gasteiger partial charge in [0, 0.05) is 31.3 Å². The molecule has 0 saturated carbocycles. The van der Waals surface area contributed by atoms with Crippen LogP contribution < -0.4 is 19.3 Å². The molecule has 0 aliphatic carbocycles. The lowest BCUT2D eigenvalue weighted by Crippen LogP contribution is -2.37. The number of para-hydroxylation sites is 1. The van der Waals surface area contributed by atoms with Crippen LogP contribution in [-0.2, 0) is 9.59 Å². The number of ether oxygens (including phenoxy) is 2. The highest BCUT2D eigenvalue weighted by atomic mass is 16.5. The minimum absolute atomic E-state index is 0.0352. The number of rotatable bonds is 6. The number of nitrogens with zero attached hydrogens (tertiary/aromatic N) is 2. The van der Waals surface area contributed by atoms with Crippen molar-refractivity contribution < 1.29 is 19.1 Å². The van der Waals surface area contributed by atoms with E-state index < -0.39 is 0 Å². The number of carbonyl (C=O) groups is 2. The van der Waals surface area contributed by atoms with Gasteiger partial charge in [-0.15, -0.1) is 0 Å². The van der Waals surface area contributed by atoms with Gasteiger partial charge in [-0.05, 0) is 31.2 Å². The molecule has 6 nitrogen and oxygen atoms in total. The van der Waals surface area contributed by atoms with Crippen LogP contribution in [-0.4, -0.2) is 39.1 Å². The van der Waals surface area contributed by atoms with Gasteiger partial charge in [0.1, 0.15) is 11.5 Å². The van der Waals surface area contributed by atoms with E-state index in [4.69, 9.17) is 9.47 Å². The molecule has 3 rings (SSSR count). The smallest absolute Gasteiger partial charge is 0.232 e. The maximum absolute atomic E-state index is 13.1. The van der Waals surface area contributed by atoms with Crippen LogP contribution in [0.15, 0.2) is 48.5 Å². The molecule has 1 aliphatic heterocycles. The van der Waals surface area contributed by atoms with Crippen LogP contribution in [0.1, 0.15) is 13.3 Å². The summed E-state index contributed by atoms with van der Waals surface area (Å²) in [6.45, 7) is 2.83. The zero-order valence-corrected chi connectivity index (χ0v) is 15.8. The van der Waals surface area contributed by atoms with Crippen molar-refractivity contribution in [1.82, 2.24) is 0 Å². The molecule has 0 aromatic heterocycles. The highest BCUT2D eigenvalue weighted by molar-refractivity contribution is 6.05. The van der Waals surface area contributed by atoms with Gasteiger partial charge in [0.2, 0.25) is 11.8 Å². The Hall–Kier alpha value is -3.02. The molecular formula is C21H24N2O4. The molecule has 142 valence electrons. The van der Waals surface area contributed by atoms with Crippen LogP contribution >= 0.6 is 0 Å². The maximum atomic E-state index is 13.1. The van der Waals surface area contributed by atoms with Gasteiger partial charge < -0.3 is 19.3 Å². The summed E-state index contributed by atoms with van der Waals surface area (Å²) in [5.41, 5.74) is 1.50. The summed E-state index contributed by atoms with van der Waals surface area (Å²) in [6.07, 6.45) is 0.192. The van der Waals surface area contributed by atoms with Gasteiger partial charge in [0.25, 0.3) is 0 Å². The molecule has 2 aromatic rings. The van der Waals surface area contributed by atoms with Crippen LogP contribution in [0.5, 0.6) is 11.5 Å². The van der Waals surface area contributed by atoms with Crippen LogP contribution in [0.2, 0.25) is 0 Å². The van der Waals surface area contributed by atoms with Gasteiger partial charge in [-0.25, -0.2) is 0 Å². The van der Waals surface area contributed by atoms with Gasteiger partial charge in [-0.1, -0.05) is 18.2 Å². The minimum Gasteiger partial charge on any atom is -0.497 e. The topological polar surface area (TPSA) is 59.1 Å². The fourth-order valence-electron chi connectivity index (χ4n) is 3.41. The first-order valence-corrected chi connectivity index (χ1v) is 8.97. The molecule has 27 heavy (non-hydrogen) atoms. The maximum Gasteiger partial charge on any atom is 0.232 e. The zero-order valence-electron chi connectivity index (χ0n) is 15.8. The first kappa shape index (κ1) is 18.8. The number of carbonyl (C=O) groups excluding carboxylic acids is 2. The van der Waals surface area contributed by atoms with Gasteiger partial charge in [-0.2, -0.15) is 0 Å². The summed E-state index contributed by atoms with van der Waals surface area (Å²) in [5.74, 6) is 0.694. The molecule has 1 atom stereocenters. The lowest BCUT2D eigenvalue weighted by atomic mass is 10.1. The summed E-state index contributed by atoms with van der Waals surface area (Å²) >= 11 is 0. The SMILES string of the molecule is CCN(C(=O)[C@@H]1CC(=O)N(c2ccc(OC)cc2OC)C1)c1ccccc1. The van der Waals surface area contributed by atoms with Crippen LogP contribution in [0.4, 0.5) is 11.4 Å². The van der Waals surface area contributed by atoms with Crippen molar-refractivity contribution in [2.45, 2.75) is 13.3 Å². The van der Waals surface area contributed by atoms with E-state index in [1.807, 2.05) is 37.3 Å². The van der Waals surface area contributed by atoms with Gasteiger partial charge in [0.15, 0.2) is 0 Å². The minimum atomic E-state index is -0.385. The average molecular weight is 368 g/mol. The molecule has 1 fully saturated rings. The third-order valence-electron chi connectivity index (χ3n) is 4.80. The van der Waals surface area contributed by atoms with Crippen LogP contribution in [0, 0.1) is 5.92 Å². The molecule has 1 heterocycles. The summed E-state index contributed by atoms with van der Waals surface area (Å²) < 4.78 is 10.6. The van der Waals surface area contributed by atoms with Crippen molar-refractivity contribution in [3.05, 3.63) is 48.5 Å². The van der Waals surface area contributed by atoms with E-state index in [-0.39, 0.29) is 24.2 Å². The monoisotopic (exact) mass is 368 g/mol. The number of anilines is 2. The lowest BCUT2D eigenvalue weighted by molar-refractivity contribution is -0.124. The second-order valence-electron chi connectivity index (χ2n) is 6.36. The fraction of sp³-hybridized carbons (Fsp3) is 0.333. The summed E-state index contributed by atoms with van der Waals surface area (Å²) in [7, 11) is 3.13. The number of benzene rings is 2. The normalized spacial score (nSPS) is 16.3. The number of amides is 2. The Morgan fingerprint density at radius 3 is 2.52 bits per heavy atom. The average Bonchev–Trinajstić information content (AvgIpc) is 3.10. The van der Waals surface area contributed by atoms with Crippen molar-refractivity contribution in [3.8, 4) is 11.5 Å². The predicted octanol–water partition coefficient (Wildman–Crippen LogP) is 3.11. The fourth-order valence-corrected chi connectivity index (χ4v) is 3.41. The third-order valence-corrected chi connectivity index (χ3v) is 4.80. The van der Waals surface area contributed by atoms with E-state index in [0.717, 1.165) is 5.69 Å². The lowest BCUT2D eigenvalue weighted by Gasteiger charge is -2.24. The third kappa shape index (κ3) is 3.74. The van der Waals surface area contributed by atoms with E-state index in [2.05, 4.69) is 0 Å². The molecule has 2 aromatic carbocycles. The van der Waals surface area contributed by atoms with Crippen molar-refractivity contribution in [2.75, 3.05) is 37.1 Å². The largest absolute Gasteiger partial charge is 0.497 e. The first-order valence-electron chi connectivity index (χ1n) is 8.97. The van der Waals surface area contributed by atoms with Gasteiger partial charge >= 0.3 is 0 Å². The molecule has 1 saturated heterocycles. The Balaban J connectivity index is 1.82. The Morgan fingerprint density at radius 2 is 1.89 bits per heavy atom. The first-order chi connectivity index (χ1) is 13.1. The molecule has 2 amide bonds. The van der Waals surface area contributed by atoms with E-state index in [0.29, 0.717) is 30.3 Å². The van der Waals surface area contributed by atoms with Crippen LogP contribution in [0.3, 0.4) is 0 Å². The second kappa shape index (κ2) is 8.12. The molecule has 0 unspecified atom stereocenters. The van der Waals surface area contributed by atoms with Crippen molar-refractivity contribution in [2.24, 2.45) is 5.92 Å². The van der Waals surface area contributed by atoms with Crippen molar-refractivity contribution >= 4 is 23.2 Å². The standard InChI is InChI=1S/C21H24N2O4/c1-4-22(16-8-6-5-7-9-16)21(25)15-12-20(24)23(14-15)18-11-10-17(26-2)13-19(18)27-3/h5-11,13,15H,4,12,14H2,1-3H3/t15-/m1/s1. The number of hydrogen-bond donors (Lipinski definition) is 0. The summed E-state index contributed by atoms with van der Waals surface area (Å²) in [5, 5.41) is 0. The van der Waals surface area contributed by atoms with Crippen LogP contribution in [0.25, 0.3) is 0 Å². The summed E-state index contributed by atoms with van der Waals surface area (Å²) in [6, 6.07) is 14.8. The Labute approximate surface area is 159 Å². The Bertz CT molecular complexity index is 822. The predicted molar refractivity (Wildman–Crippen MR) is 104 cm³/mol. The van der Waals surface area contributed by atoms with E-state index in [1.165, 1.54) is 0 Å².